The first-order chi connectivity index (χ1) is 10.2. The smallest absolute Gasteiger partial charge is 0.251 e. The average molecular weight is 308 g/mol. The summed E-state index contributed by atoms with van der Waals surface area (Å²) in [6.45, 7) is 5.18. The number of aryl methyl sites for hydroxylation is 1. The molecular formula is C18H26ClNO. The van der Waals surface area contributed by atoms with Crippen LogP contribution < -0.4 is 5.32 Å². The van der Waals surface area contributed by atoms with Crippen molar-refractivity contribution >= 4 is 17.5 Å². The molecule has 1 aliphatic heterocycles. The monoisotopic (exact) mass is 307 g/mol. The minimum atomic E-state index is 0.00579. The van der Waals surface area contributed by atoms with Crippen LogP contribution >= 0.6 is 11.6 Å². The molecular weight excluding hydrogens is 282 g/mol. The van der Waals surface area contributed by atoms with Crippen molar-refractivity contribution in [1.82, 2.24) is 5.32 Å². The van der Waals surface area contributed by atoms with Gasteiger partial charge in [-0.25, -0.2) is 0 Å². The Labute approximate surface area is 133 Å². The second kappa shape index (κ2) is 7.84. The first-order valence-corrected chi connectivity index (χ1v) is 8.66. The highest BCUT2D eigenvalue weighted by molar-refractivity contribution is 6.21. The van der Waals surface area contributed by atoms with Gasteiger partial charge in [0.2, 0.25) is 0 Å². The standard InChI is InChI=1S/C18H26ClNO/c1-3-6-14(7-4-2)17(19)15-10-9-13-8-5-11-20-18(21)16(13)12-15/h9-10,12,14,17H,3-8,11H2,1-2H3,(H,20,21). The van der Waals surface area contributed by atoms with E-state index in [0.29, 0.717) is 5.92 Å². The van der Waals surface area contributed by atoms with Crippen molar-refractivity contribution in [2.24, 2.45) is 5.92 Å². The summed E-state index contributed by atoms with van der Waals surface area (Å²) in [6.07, 6.45) is 6.57. The molecule has 1 atom stereocenters. The molecule has 1 N–H and O–H groups in total. The number of amides is 1. The van der Waals surface area contributed by atoms with Crippen LogP contribution in [0.5, 0.6) is 0 Å². The van der Waals surface area contributed by atoms with Crippen molar-refractivity contribution in [3.05, 3.63) is 34.9 Å². The molecule has 0 aromatic heterocycles. The van der Waals surface area contributed by atoms with Crippen molar-refractivity contribution in [1.29, 1.82) is 0 Å². The van der Waals surface area contributed by atoms with E-state index < -0.39 is 0 Å². The fourth-order valence-electron chi connectivity index (χ4n) is 3.22. The van der Waals surface area contributed by atoms with Crippen molar-refractivity contribution in [2.75, 3.05) is 6.54 Å². The first-order valence-electron chi connectivity index (χ1n) is 8.22. The average Bonchev–Trinajstić information content (AvgIpc) is 2.68. The Morgan fingerprint density at radius 3 is 2.62 bits per heavy atom. The number of rotatable bonds is 6. The van der Waals surface area contributed by atoms with E-state index in [9.17, 15) is 4.79 Å². The highest BCUT2D eigenvalue weighted by Crippen LogP contribution is 2.36. The lowest BCUT2D eigenvalue weighted by atomic mass is 9.89. The zero-order valence-electron chi connectivity index (χ0n) is 13.1. The van der Waals surface area contributed by atoms with Crippen molar-refractivity contribution < 1.29 is 4.79 Å². The maximum atomic E-state index is 12.1. The summed E-state index contributed by atoms with van der Waals surface area (Å²) in [6, 6.07) is 6.24. The Hall–Kier alpha value is -1.02. The molecule has 116 valence electrons. The summed E-state index contributed by atoms with van der Waals surface area (Å²) in [4.78, 5) is 12.1. The zero-order chi connectivity index (χ0) is 15.2. The summed E-state index contributed by atoms with van der Waals surface area (Å²) in [5.41, 5.74) is 3.07. The number of fused-ring (bicyclic) bond motifs is 1. The van der Waals surface area contributed by atoms with Gasteiger partial charge in [-0.2, -0.15) is 0 Å². The van der Waals surface area contributed by atoms with Gasteiger partial charge in [0.05, 0.1) is 5.38 Å². The van der Waals surface area contributed by atoms with Crippen molar-refractivity contribution in [2.45, 2.75) is 57.7 Å². The topological polar surface area (TPSA) is 29.1 Å². The van der Waals surface area contributed by atoms with E-state index >= 15 is 0 Å². The van der Waals surface area contributed by atoms with Crippen LogP contribution in [-0.2, 0) is 6.42 Å². The number of carbonyl (C=O) groups is 1. The van der Waals surface area contributed by atoms with Gasteiger partial charge < -0.3 is 5.32 Å². The Bertz CT molecular complexity index is 480. The molecule has 21 heavy (non-hydrogen) atoms. The normalized spacial score (nSPS) is 16.3. The molecule has 0 radical (unpaired) electrons. The molecule has 1 unspecified atom stereocenters. The number of hydrogen-bond acceptors (Lipinski definition) is 1. The van der Waals surface area contributed by atoms with Crippen LogP contribution in [0.25, 0.3) is 0 Å². The third-order valence-electron chi connectivity index (χ3n) is 4.34. The second-order valence-corrected chi connectivity index (χ2v) is 6.49. The van der Waals surface area contributed by atoms with Crippen LogP contribution in [0.3, 0.4) is 0 Å². The maximum absolute atomic E-state index is 12.1. The van der Waals surface area contributed by atoms with Crippen LogP contribution in [0, 0.1) is 5.92 Å². The van der Waals surface area contributed by atoms with Gasteiger partial charge in [0.1, 0.15) is 0 Å². The van der Waals surface area contributed by atoms with E-state index in [-0.39, 0.29) is 11.3 Å². The third-order valence-corrected chi connectivity index (χ3v) is 4.95. The first kappa shape index (κ1) is 16.4. The molecule has 0 aliphatic carbocycles. The van der Waals surface area contributed by atoms with E-state index in [0.717, 1.165) is 61.8 Å². The minimum absolute atomic E-state index is 0.00579. The Morgan fingerprint density at radius 2 is 1.95 bits per heavy atom. The van der Waals surface area contributed by atoms with Gasteiger partial charge in [0, 0.05) is 12.1 Å². The molecule has 1 aromatic carbocycles. The van der Waals surface area contributed by atoms with Crippen LogP contribution in [0.15, 0.2) is 18.2 Å². The quantitative estimate of drug-likeness (QED) is 0.747. The lowest BCUT2D eigenvalue weighted by Gasteiger charge is -2.22. The Morgan fingerprint density at radius 1 is 1.24 bits per heavy atom. The number of nitrogens with one attached hydrogen (secondary N) is 1. The predicted octanol–water partition coefficient (Wildman–Crippen LogP) is 4.86. The van der Waals surface area contributed by atoms with Gasteiger partial charge in [-0.3, -0.25) is 4.79 Å². The number of alkyl halides is 1. The van der Waals surface area contributed by atoms with E-state index in [2.05, 4.69) is 31.3 Å². The lowest BCUT2D eigenvalue weighted by Crippen LogP contribution is -2.22. The molecule has 0 fully saturated rings. The Balaban J connectivity index is 2.25. The predicted molar refractivity (Wildman–Crippen MR) is 89.0 cm³/mol. The van der Waals surface area contributed by atoms with Crippen LogP contribution in [0.2, 0.25) is 0 Å². The molecule has 1 heterocycles. The van der Waals surface area contributed by atoms with Gasteiger partial charge in [0.15, 0.2) is 0 Å². The van der Waals surface area contributed by atoms with Crippen molar-refractivity contribution in [3.8, 4) is 0 Å². The molecule has 2 rings (SSSR count). The van der Waals surface area contributed by atoms with Crippen LogP contribution in [0.1, 0.15) is 72.8 Å². The molecule has 0 spiro atoms. The summed E-state index contributed by atoms with van der Waals surface area (Å²) in [7, 11) is 0. The molecule has 1 aliphatic rings. The second-order valence-electron chi connectivity index (χ2n) is 6.02. The summed E-state index contributed by atoms with van der Waals surface area (Å²) in [5.74, 6) is 0.546. The Kier molecular flexibility index (Phi) is 6.10. The van der Waals surface area contributed by atoms with E-state index in [1.807, 2.05) is 6.07 Å². The van der Waals surface area contributed by atoms with Gasteiger partial charge in [-0.15, -0.1) is 11.6 Å². The molecule has 0 saturated carbocycles. The molecule has 0 saturated heterocycles. The molecule has 2 nitrogen and oxygen atoms in total. The third kappa shape index (κ3) is 4.00. The largest absolute Gasteiger partial charge is 0.352 e. The van der Waals surface area contributed by atoms with Gasteiger partial charge >= 0.3 is 0 Å². The number of hydrogen-bond donors (Lipinski definition) is 1. The van der Waals surface area contributed by atoms with Gasteiger partial charge in [0.25, 0.3) is 5.91 Å². The highest BCUT2D eigenvalue weighted by atomic mass is 35.5. The molecule has 1 aromatic rings. The molecule has 1 amide bonds. The highest BCUT2D eigenvalue weighted by Gasteiger charge is 2.22. The number of halogens is 1. The number of benzene rings is 1. The van der Waals surface area contributed by atoms with E-state index in [1.54, 1.807) is 0 Å². The molecule has 0 bridgehead atoms. The van der Waals surface area contributed by atoms with Gasteiger partial charge in [-0.05, 0) is 48.8 Å². The SMILES string of the molecule is CCCC(CCC)C(Cl)c1ccc2c(c1)C(=O)NCCC2. The fraction of sp³-hybridized carbons (Fsp3) is 0.611. The fourth-order valence-corrected chi connectivity index (χ4v) is 3.61. The van der Waals surface area contributed by atoms with E-state index in [1.165, 1.54) is 0 Å². The van der Waals surface area contributed by atoms with Crippen LogP contribution in [0.4, 0.5) is 0 Å². The summed E-state index contributed by atoms with van der Waals surface area (Å²) in [5, 5.41) is 2.97. The number of carbonyl (C=O) groups excluding carboxylic acids is 1. The van der Waals surface area contributed by atoms with E-state index in [4.69, 9.17) is 11.6 Å². The minimum Gasteiger partial charge on any atom is -0.352 e. The van der Waals surface area contributed by atoms with Crippen LogP contribution in [-0.4, -0.2) is 12.5 Å². The molecule has 3 heteroatoms. The summed E-state index contributed by atoms with van der Waals surface area (Å²) < 4.78 is 0. The zero-order valence-corrected chi connectivity index (χ0v) is 13.9. The maximum Gasteiger partial charge on any atom is 0.251 e. The lowest BCUT2D eigenvalue weighted by molar-refractivity contribution is 0.0956. The van der Waals surface area contributed by atoms with Crippen molar-refractivity contribution in [3.63, 3.8) is 0 Å². The summed E-state index contributed by atoms with van der Waals surface area (Å²) >= 11 is 6.73. The van der Waals surface area contributed by atoms with Gasteiger partial charge in [-0.1, -0.05) is 38.8 Å².